The summed E-state index contributed by atoms with van der Waals surface area (Å²) < 4.78 is 0. The molecule has 33 heavy (non-hydrogen) atoms. The number of benzene rings is 2. The standard InChI is InChI=1S/C12H11Si.C9H13.C8H11.2ClH.Zr/c1-3-7-11(8-4-1)13-12-9-5-2-6-10-12;1-6-5-7(2)9(4)8(6)3;1-2-5-8-6-3-4-7-8;;;/h1-10,13H;5H,1-4H3;3-4,6-7H,2,5H2,1H3;2*1H;/q;2*-1;;;+4/p-2. The molecule has 0 aliphatic carbocycles. The van der Waals surface area contributed by atoms with Crippen LogP contribution in [0.1, 0.15) is 41.2 Å². The van der Waals surface area contributed by atoms with Crippen LogP contribution < -0.4 is 35.2 Å². The summed E-state index contributed by atoms with van der Waals surface area (Å²) in [5.41, 5.74) is 7.21. The molecular weight excluding hydrogens is 539 g/mol. The van der Waals surface area contributed by atoms with Crippen molar-refractivity contribution in [1.82, 2.24) is 0 Å². The zero-order valence-electron chi connectivity index (χ0n) is 20.4. The molecule has 0 aliphatic heterocycles. The Hall–Kier alpha value is -1.18. The van der Waals surface area contributed by atoms with Gasteiger partial charge < -0.3 is 24.8 Å². The Morgan fingerprint density at radius 1 is 0.818 bits per heavy atom. The Balaban J connectivity index is 0. The summed E-state index contributed by atoms with van der Waals surface area (Å²) >= 11 is 0. The van der Waals surface area contributed by atoms with Crippen LogP contribution in [0.15, 0.2) is 91.0 Å². The molecule has 0 unspecified atom stereocenters. The first-order chi connectivity index (χ1) is 14.5. The van der Waals surface area contributed by atoms with Crippen LogP contribution in [0.3, 0.4) is 0 Å². The molecular formula is C29H35Cl2SiZr. The van der Waals surface area contributed by atoms with Crippen molar-refractivity contribution < 1.29 is 51.0 Å². The Kier molecular flexibility index (Phi) is 19.7. The van der Waals surface area contributed by atoms with Gasteiger partial charge in [0.25, 0.3) is 0 Å². The molecule has 0 fully saturated rings. The van der Waals surface area contributed by atoms with Gasteiger partial charge in [-0.15, -0.1) is 0 Å². The topological polar surface area (TPSA) is 0 Å². The average molecular weight is 574 g/mol. The minimum absolute atomic E-state index is 0. The van der Waals surface area contributed by atoms with Crippen molar-refractivity contribution in [3.8, 4) is 0 Å². The van der Waals surface area contributed by atoms with Crippen LogP contribution in [-0.4, -0.2) is 9.52 Å². The second-order valence-electron chi connectivity index (χ2n) is 7.77. The number of hydrogen-bond acceptors (Lipinski definition) is 0. The second-order valence-corrected chi connectivity index (χ2v) is 9.39. The van der Waals surface area contributed by atoms with E-state index >= 15 is 0 Å². The minimum atomic E-state index is 0. The fraction of sp³-hybridized carbons (Fsp3) is 0.241. The maximum absolute atomic E-state index is 2.24. The van der Waals surface area contributed by atoms with Gasteiger partial charge in [0.05, 0.1) is 0 Å². The van der Waals surface area contributed by atoms with Crippen LogP contribution in [-0.2, 0) is 32.6 Å². The molecule has 0 bridgehead atoms. The van der Waals surface area contributed by atoms with Gasteiger partial charge in [0, 0.05) is 0 Å². The number of halogens is 2. The predicted molar refractivity (Wildman–Crippen MR) is 136 cm³/mol. The van der Waals surface area contributed by atoms with E-state index in [1.54, 1.807) is 0 Å². The summed E-state index contributed by atoms with van der Waals surface area (Å²) in [6, 6.07) is 32.1. The Labute approximate surface area is 235 Å². The van der Waals surface area contributed by atoms with E-state index < -0.39 is 0 Å². The molecule has 4 aromatic carbocycles. The molecule has 4 rings (SSSR count). The van der Waals surface area contributed by atoms with Crippen LogP contribution in [0.25, 0.3) is 0 Å². The van der Waals surface area contributed by atoms with Crippen molar-refractivity contribution in [2.45, 2.75) is 47.5 Å². The molecule has 0 N–H and O–H groups in total. The third-order valence-electron chi connectivity index (χ3n) is 5.38. The molecule has 0 amide bonds. The van der Waals surface area contributed by atoms with Crippen molar-refractivity contribution in [3.63, 3.8) is 0 Å². The first kappa shape index (κ1) is 34.0. The third kappa shape index (κ3) is 12.7. The molecule has 0 saturated carbocycles. The smallest absolute Gasteiger partial charge is 1.00 e. The van der Waals surface area contributed by atoms with Crippen LogP contribution in [0.4, 0.5) is 0 Å². The summed E-state index contributed by atoms with van der Waals surface area (Å²) in [4.78, 5) is 0. The zero-order valence-corrected chi connectivity index (χ0v) is 25.5. The summed E-state index contributed by atoms with van der Waals surface area (Å²) in [5, 5.41) is 2.90. The first-order valence-corrected chi connectivity index (χ1v) is 12.0. The number of rotatable bonds is 4. The summed E-state index contributed by atoms with van der Waals surface area (Å²) in [5.74, 6) is 0. The summed E-state index contributed by atoms with van der Waals surface area (Å²) in [6.45, 7) is 10.9. The molecule has 0 spiro atoms. The minimum Gasteiger partial charge on any atom is -1.00 e. The van der Waals surface area contributed by atoms with Gasteiger partial charge in [-0.1, -0.05) is 118 Å². The van der Waals surface area contributed by atoms with E-state index in [0.717, 1.165) is 0 Å². The molecule has 0 heterocycles. The van der Waals surface area contributed by atoms with Crippen LogP contribution >= 0.6 is 0 Å². The maximum atomic E-state index is 2.24. The largest absolute Gasteiger partial charge is 4.00 e. The molecule has 0 saturated heterocycles. The fourth-order valence-electron chi connectivity index (χ4n) is 3.29. The van der Waals surface area contributed by atoms with Gasteiger partial charge in [-0.3, -0.25) is 0 Å². The van der Waals surface area contributed by atoms with E-state index in [1.165, 1.54) is 51.0 Å². The van der Waals surface area contributed by atoms with Gasteiger partial charge in [-0.25, -0.2) is 6.07 Å². The third-order valence-corrected chi connectivity index (χ3v) is 6.82. The molecule has 0 aromatic heterocycles. The molecule has 0 atom stereocenters. The van der Waals surface area contributed by atoms with Crippen LogP contribution in [0, 0.1) is 27.7 Å². The molecule has 0 aliphatic rings. The quantitative estimate of drug-likeness (QED) is 0.240. The van der Waals surface area contributed by atoms with Gasteiger partial charge in [0.2, 0.25) is 0 Å². The fourth-order valence-corrected chi connectivity index (χ4v) is 4.51. The van der Waals surface area contributed by atoms with E-state index in [2.05, 4.69) is 126 Å². The average Bonchev–Trinajstić information content (AvgIpc) is 3.35. The molecule has 1 radical (unpaired) electrons. The normalized spacial score (nSPS) is 9.00. The van der Waals surface area contributed by atoms with Crippen LogP contribution in [0.2, 0.25) is 0 Å². The summed E-state index contributed by atoms with van der Waals surface area (Å²) in [6.07, 6.45) is 2.48. The van der Waals surface area contributed by atoms with Crippen molar-refractivity contribution in [2.75, 3.05) is 0 Å². The van der Waals surface area contributed by atoms with Gasteiger partial charge in [0.1, 0.15) is 9.52 Å². The Bertz CT molecular complexity index is 902. The Morgan fingerprint density at radius 2 is 1.33 bits per heavy atom. The molecule has 0 nitrogen and oxygen atoms in total. The van der Waals surface area contributed by atoms with Gasteiger partial charge in [0.15, 0.2) is 0 Å². The van der Waals surface area contributed by atoms with Crippen molar-refractivity contribution in [3.05, 3.63) is 119 Å². The van der Waals surface area contributed by atoms with Gasteiger partial charge in [-0.2, -0.15) is 52.1 Å². The SMILES string of the molecule is CCCc1cc[cH-]c1.Cc1c[c-](C)c(C)c1C.[Cl-].[Cl-].[Zr+4].c1ccc([SiH]c2ccccc2)cc1. The van der Waals surface area contributed by atoms with E-state index in [4.69, 9.17) is 0 Å². The van der Waals surface area contributed by atoms with Crippen molar-refractivity contribution in [1.29, 1.82) is 0 Å². The van der Waals surface area contributed by atoms with E-state index in [9.17, 15) is 0 Å². The predicted octanol–water partition coefficient (Wildman–Crippen LogP) is 0.0766. The van der Waals surface area contributed by atoms with E-state index in [0.29, 0.717) is 0 Å². The van der Waals surface area contributed by atoms with E-state index in [-0.39, 0.29) is 60.5 Å². The van der Waals surface area contributed by atoms with E-state index in [1.807, 2.05) is 0 Å². The van der Waals surface area contributed by atoms with Crippen molar-refractivity contribution >= 4 is 19.9 Å². The first-order valence-electron chi connectivity index (χ1n) is 10.9. The van der Waals surface area contributed by atoms with Gasteiger partial charge >= 0.3 is 26.2 Å². The van der Waals surface area contributed by atoms with Crippen molar-refractivity contribution in [2.24, 2.45) is 0 Å². The molecule has 4 aromatic rings. The second kappa shape index (κ2) is 19.2. The van der Waals surface area contributed by atoms with Gasteiger partial charge in [-0.05, 0) is 0 Å². The zero-order chi connectivity index (χ0) is 21.8. The number of hydrogen-bond donors (Lipinski definition) is 0. The Morgan fingerprint density at radius 3 is 1.64 bits per heavy atom. The number of aryl methyl sites for hydroxylation is 3. The molecule has 173 valence electrons. The molecule has 4 heteroatoms. The monoisotopic (exact) mass is 571 g/mol. The van der Waals surface area contributed by atoms with Crippen LogP contribution in [0.5, 0.6) is 0 Å². The summed E-state index contributed by atoms with van der Waals surface area (Å²) in [7, 11) is 0.271. The maximum Gasteiger partial charge on any atom is 4.00 e.